The van der Waals surface area contributed by atoms with Crippen molar-refractivity contribution in [2.24, 2.45) is 0 Å². The van der Waals surface area contributed by atoms with Gasteiger partial charge in [0.1, 0.15) is 11.5 Å². The SMILES string of the molecule is Cc1cc(CCC(=O)NCNC(=O)CCc2cc(C)c(O)c(C(C)(C)C)c2)cc(C(C)(C)C)c1O. The molecule has 0 unspecified atom stereocenters. The molecule has 0 fully saturated rings. The molecule has 0 saturated heterocycles. The van der Waals surface area contributed by atoms with Gasteiger partial charge in [0.15, 0.2) is 0 Å². The Morgan fingerprint density at radius 3 is 1.34 bits per heavy atom. The highest BCUT2D eigenvalue weighted by atomic mass is 16.3. The number of amides is 2. The number of benzene rings is 2. The highest BCUT2D eigenvalue weighted by molar-refractivity contribution is 5.78. The van der Waals surface area contributed by atoms with Crippen LogP contribution in [0.25, 0.3) is 0 Å². The van der Waals surface area contributed by atoms with E-state index in [0.29, 0.717) is 37.2 Å². The fraction of sp³-hybridized carbons (Fsp3) is 0.517. The predicted octanol–water partition coefficient (Wildman–Crippen LogP) is 5.06. The number of aromatic hydroxyl groups is 2. The average molecular weight is 483 g/mol. The maximum atomic E-state index is 12.3. The minimum absolute atomic E-state index is 0.0847. The summed E-state index contributed by atoms with van der Waals surface area (Å²) < 4.78 is 0. The second-order valence-corrected chi connectivity index (χ2v) is 11.5. The van der Waals surface area contributed by atoms with Crippen LogP contribution in [-0.4, -0.2) is 28.7 Å². The Bertz CT molecular complexity index is 990. The number of carbonyl (C=O) groups is 2. The number of rotatable bonds is 8. The number of hydrogen-bond acceptors (Lipinski definition) is 4. The number of aryl methyl sites for hydroxylation is 4. The van der Waals surface area contributed by atoms with Crippen molar-refractivity contribution in [2.45, 2.75) is 91.9 Å². The van der Waals surface area contributed by atoms with Crippen LogP contribution in [0.1, 0.15) is 87.8 Å². The standard InChI is InChI=1S/C29H42N2O4/c1-18-13-20(15-22(26(18)34)28(3,4)5)9-11-24(32)30-17-31-25(33)12-10-21-14-19(2)27(35)23(16-21)29(6,7)8/h13-16,34-35H,9-12,17H2,1-8H3,(H,30,32)(H,31,33). The molecule has 0 atom stereocenters. The van der Waals surface area contributed by atoms with Crippen molar-refractivity contribution in [1.29, 1.82) is 0 Å². The van der Waals surface area contributed by atoms with E-state index in [9.17, 15) is 19.8 Å². The normalized spacial score (nSPS) is 11.9. The molecule has 0 heterocycles. The fourth-order valence-corrected chi connectivity index (χ4v) is 4.07. The van der Waals surface area contributed by atoms with Crippen LogP contribution in [0.3, 0.4) is 0 Å². The number of carbonyl (C=O) groups excluding carboxylic acids is 2. The van der Waals surface area contributed by atoms with Crippen molar-refractivity contribution in [1.82, 2.24) is 10.6 Å². The molecule has 2 amide bonds. The average Bonchev–Trinajstić information content (AvgIpc) is 2.73. The molecule has 2 aromatic carbocycles. The van der Waals surface area contributed by atoms with Crippen LogP contribution in [0.5, 0.6) is 11.5 Å². The van der Waals surface area contributed by atoms with Crippen LogP contribution in [0.4, 0.5) is 0 Å². The zero-order valence-electron chi connectivity index (χ0n) is 22.6. The summed E-state index contributed by atoms with van der Waals surface area (Å²) in [6, 6.07) is 7.76. The third-order valence-electron chi connectivity index (χ3n) is 6.19. The van der Waals surface area contributed by atoms with E-state index in [4.69, 9.17) is 0 Å². The third kappa shape index (κ3) is 8.01. The lowest BCUT2D eigenvalue weighted by Gasteiger charge is -2.22. The van der Waals surface area contributed by atoms with Gasteiger partial charge in [-0.05, 0) is 70.9 Å². The van der Waals surface area contributed by atoms with Crippen molar-refractivity contribution in [3.63, 3.8) is 0 Å². The van der Waals surface area contributed by atoms with Crippen molar-refractivity contribution in [3.8, 4) is 11.5 Å². The molecule has 6 nitrogen and oxygen atoms in total. The van der Waals surface area contributed by atoms with Gasteiger partial charge in [0, 0.05) is 12.8 Å². The van der Waals surface area contributed by atoms with E-state index in [-0.39, 0.29) is 29.3 Å². The van der Waals surface area contributed by atoms with Crippen LogP contribution < -0.4 is 10.6 Å². The van der Waals surface area contributed by atoms with Crippen LogP contribution in [0.15, 0.2) is 24.3 Å². The third-order valence-corrected chi connectivity index (χ3v) is 6.19. The minimum atomic E-state index is -0.190. The van der Waals surface area contributed by atoms with E-state index in [1.54, 1.807) is 0 Å². The Hall–Kier alpha value is -3.02. The van der Waals surface area contributed by atoms with Crippen molar-refractivity contribution in [3.05, 3.63) is 57.6 Å². The van der Waals surface area contributed by atoms with Gasteiger partial charge in [0.2, 0.25) is 11.8 Å². The summed E-state index contributed by atoms with van der Waals surface area (Å²) >= 11 is 0. The van der Waals surface area contributed by atoms with E-state index in [1.165, 1.54) is 0 Å². The van der Waals surface area contributed by atoms with Gasteiger partial charge in [-0.3, -0.25) is 9.59 Å². The van der Waals surface area contributed by atoms with E-state index in [0.717, 1.165) is 33.4 Å². The molecule has 0 aliphatic heterocycles. The lowest BCUT2D eigenvalue weighted by molar-refractivity contribution is -0.122. The number of phenolic OH excluding ortho intramolecular Hbond substituents is 2. The molecular weight excluding hydrogens is 440 g/mol. The first-order valence-electron chi connectivity index (χ1n) is 12.3. The minimum Gasteiger partial charge on any atom is -0.507 e. The molecule has 0 aliphatic carbocycles. The van der Waals surface area contributed by atoms with Gasteiger partial charge in [0.25, 0.3) is 0 Å². The first-order chi connectivity index (χ1) is 16.1. The Labute approximate surface area is 210 Å². The molecule has 0 saturated carbocycles. The maximum absolute atomic E-state index is 12.3. The largest absolute Gasteiger partial charge is 0.507 e. The Morgan fingerprint density at radius 2 is 1.03 bits per heavy atom. The molecule has 0 radical (unpaired) electrons. The van der Waals surface area contributed by atoms with Crippen molar-refractivity contribution >= 4 is 11.8 Å². The van der Waals surface area contributed by atoms with Crippen LogP contribution in [0.2, 0.25) is 0 Å². The highest BCUT2D eigenvalue weighted by Gasteiger charge is 2.21. The van der Waals surface area contributed by atoms with Gasteiger partial charge < -0.3 is 20.8 Å². The zero-order valence-corrected chi connectivity index (χ0v) is 22.6. The molecule has 0 aromatic heterocycles. The fourth-order valence-electron chi connectivity index (χ4n) is 4.07. The van der Waals surface area contributed by atoms with E-state index in [2.05, 4.69) is 10.6 Å². The highest BCUT2D eigenvalue weighted by Crippen LogP contribution is 2.35. The molecule has 2 aromatic rings. The van der Waals surface area contributed by atoms with E-state index >= 15 is 0 Å². The summed E-state index contributed by atoms with van der Waals surface area (Å²) in [4.78, 5) is 24.6. The summed E-state index contributed by atoms with van der Waals surface area (Å²) in [5, 5.41) is 26.2. The molecule has 192 valence electrons. The number of phenols is 2. The van der Waals surface area contributed by atoms with Gasteiger partial charge in [-0.25, -0.2) is 0 Å². The smallest absolute Gasteiger partial charge is 0.221 e. The van der Waals surface area contributed by atoms with E-state index in [1.807, 2.05) is 79.7 Å². The van der Waals surface area contributed by atoms with Gasteiger partial charge in [-0.1, -0.05) is 65.8 Å². The molecule has 35 heavy (non-hydrogen) atoms. The van der Waals surface area contributed by atoms with Gasteiger partial charge in [-0.2, -0.15) is 0 Å². The van der Waals surface area contributed by atoms with Crippen molar-refractivity contribution < 1.29 is 19.8 Å². The van der Waals surface area contributed by atoms with Crippen LogP contribution in [-0.2, 0) is 33.3 Å². The summed E-state index contributed by atoms with van der Waals surface area (Å²) in [6.45, 7) is 16.1. The summed E-state index contributed by atoms with van der Waals surface area (Å²) in [7, 11) is 0. The number of nitrogens with one attached hydrogen (secondary N) is 2. The first kappa shape index (κ1) is 28.2. The second-order valence-electron chi connectivity index (χ2n) is 11.5. The second kappa shape index (κ2) is 11.1. The maximum Gasteiger partial charge on any atom is 0.221 e. The topological polar surface area (TPSA) is 98.7 Å². The lowest BCUT2D eigenvalue weighted by atomic mass is 9.83. The molecule has 0 bridgehead atoms. The Kier molecular flexibility index (Phi) is 8.99. The predicted molar refractivity (Wildman–Crippen MR) is 141 cm³/mol. The van der Waals surface area contributed by atoms with Gasteiger partial charge in [-0.15, -0.1) is 0 Å². The molecule has 4 N–H and O–H groups in total. The lowest BCUT2D eigenvalue weighted by Crippen LogP contribution is -2.37. The monoisotopic (exact) mass is 482 g/mol. The Balaban J connectivity index is 1.82. The summed E-state index contributed by atoms with van der Waals surface area (Å²) in [5.74, 6) is 0.339. The van der Waals surface area contributed by atoms with E-state index < -0.39 is 0 Å². The Morgan fingerprint density at radius 1 is 0.686 bits per heavy atom. The summed E-state index contributed by atoms with van der Waals surface area (Å²) in [5.41, 5.74) is 4.98. The summed E-state index contributed by atoms with van der Waals surface area (Å²) in [6.07, 6.45) is 1.71. The molecule has 6 heteroatoms. The van der Waals surface area contributed by atoms with Crippen molar-refractivity contribution in [2.75, 3.05) is 6.67 Å². The van der Waals surface area contributed by atoms with Crippen LogP contribution in [0, 0.1) is 13.8 Å². The van der Waals surface area contributed by atoms with Gasteiger partial charge >= 0.3 is 0 Å². The molecule has 0 spiro atoms. The molecular formula is C29H42N2O4. The molecule has 0 aliphatic rings. The van der Waals surface area contributed by atoms with Crippen LogP contribution >= 0.6 is 0 Å². The zero-order chi connectivity index (χ0) is 26.6. The number of hydrogen-bond donors (Lipinski definition) is 4. The molecule has 2 rings (SSSR count). The van der Waals surface area contributed by atoms with Gasteiger partial charge in [0.05, 0.1) is 6.67 Å². The first-order valence-corrected chi connectivity index (χ1v) is 12.3. The quantitative estimate of drug-likeness (QED) is 0.395.